The molecule has 6 heteroatoms. The molecule has 0 aromatic heterocycles. The third-order valence-corrected chi connectivity index (χ3v) is 3.56. The Bertz CT molecular complexity index is 419. The molecule has 1 unspecified atom stereocenters. The molecule has 0 saturated carbocycles. The Morgan fingerprint density at radius 3 is 2.40 bits per heavy atom. The maximum absolute atomic E-state index is 12.3. The molecule has 0 radical (unpaired) electrons. The Morgan fingerprint density at radius 1 is 1.40 bits per heavy atom. The number of aliphatic carboxylic acids is 1. The minimum absolute atomic E-state index is 0.115. The summed E-state index contributed by atoms with van der Waals surface area (Å²) in [5.41, 5.74) is 0. The van der Waals surface area contributed by atoms with Crippen LogP contribution in [0.5, 0.6) is 0 Å². The smallest absolute Gasteiger partial charge is 0.320 e. The van der Waals surface area contributed by atoms with Crippen LogP contribution in [0.15, 0.2) is 12.7 Å². The van der Waals surface area contributed by atoms with Gasteiger partial charge in [0.1, 0.15) is 12.1 Å². The van der Waals surface area contributed by atoms with Crippen LogP contribution in [0.2, 0.25) is 0 Å². The van der Waals surface area contributed by atoms with Crippen LogP contribution in [0.4, 0.5) is 0 Å². The van der Waals surface area contributed by atoms with Gasteiger partial charge in [0.05, 0.1) is 0 Å². The maximum atomic E-state index is 12.3. The number of carbonyl (C=O) groups is 3. The first-order valence-electron chi connectivity index (χ1n) is 6.70. The van der Waals surface area contributed by atoms with Crippen molar-refractivity contribution in [2.75, 3.05) is 0 Å². The van der Waals surface area contributed by atoms with Gasteiger partial charge in [0.25, 0.3) is 0 Å². The Morgan fingerprint density at radius 2 is 2.00 bits per heavy atom. The molecular weight excluding hydrogens is 260 g/mol. The number of hydrogen-bond acceptors (Lipinski definition) is 4. The number of ketones is 1. The summed E-state index contributed by atoms with van der Waals surface area (Å²) in [6.45, 7) is 8.54. The highest BCUT2D eigenvalue weighted by Gasteiger charge is 2.43. The van der Waals surface area contributed by atoms with Crippen molar-refractivity contribution in [2.45, 2.75) is 45.3 Å². The molecule has 4 atom stereocenters. The second kappa shape index (κ2) is 6.65. The predicted octanol–water partition coefficient (Wildman–Crippen LogP) is 0.333. The lowest BCUT2D eigenvalue weighted by molar-refractivity contribution is -0.139. The van der Waals surface area contributed by atoms with Crippen LogP contribution in [0, 0.1) is 11.8 Å². The van der Waals surface area contributed by atoms with Crippen molar-refractivity contribution in [1.29, 1.82) is 0 Å². The number of rotatable bonds is 6. The molecule has 0 bridgehead atoms. The summed E-state index contributed by atoms with van der Waals surface area (Å²) < 4.78 is 0. The van der Waals surface area contributed by atoms with Gasteiger partial charge >= 0.3 is 5.97 Å². The van der Waals surface area contributed by atoms with E-state index < -0.39 is 24.1 Å². The molecule has 0 aliphatic carbocycles. The average molecular weight is 282 g/mol. The van der Waals surface area contributed by atoms with Gasteiger partial charge < -0.3 is 10.4 Å². The Balaban J connectivity index is 2.99. The average Bonchev–Trinajstić information content (AvgIpc) is 2.78. The largest absolute Gasteiger partial charge is 0.480 e. The van der Waals surface area contributed by atoms with E-state index in [2.05, 4.69) is 17.2 Å². The van der Waals surface area contributed by atoms with Crippen molar-refractivity contribution in [3.8, 4) is 0 Å². The maximum Gasteiger partial charge on any atom is 0.320 e. The van der Waals surface area contributed by atoms with Gasteiger partial charge in [-0.05, 0) is 12.3 Å². The SMILES string of the molecule is C=C[C@@H]1C[C@H](C(=O)O)NC1[C@@H](NC(C)=O)C(=O)C(C)C. The van der Waals surface area contributed by atoms with E-state index in [1.165, 1.54) is 6.92 Å². The quantitative estimate of drug-likeness (QED) is 0.610. The van der Waals surface area contributed by atoms with E-state index in [1.807, 2.05) is 0 Å². The van der Waals surface area contributed by atoms with Gasteiger partial charge in [-0.1, -0.05) is 19.9 Å². The van der Waals surface area contributed by atoms with Crippen LogP contribution in [0.1, 0.15) is 27.2 Å². The number of amides is 1. The Kier molecular flexibility index (Phi) is 5.44. The van der Waals surface area contributed by atoms with E-state index in [0.717, 1.165) is 0 Å². The first-order chi connectivity index (χ1) is 9.27. The Labute approximate surface area is 118 Å². The summed E-state index contributed by atoms with van der Waals surface area (Å²) >= 11 is 0. The minimum Gasteiger partial charge on any atom is -0.480 e. The van der Waals surface area contributed by atoms with Crippen molar-refractivity contribution < 1.29 is 19.5 Å². The zero-order valence-electron chi connectivity index (χ0n) is 12.1. The number of hydrogen-bond donors (Lipinski definition) is 3. The molecule has 1 amide bonds. The van der Waals surface area contributed by atoms with Crippen molar-refractivity contribution in [1.82, 2.24) is 10.6 Å². The fraction of sp³-hybridized carbons (Fsp3) is 0.643. The monoisotopic (exact) mass is 282 g/mol. The summed E-state index contributed by atoms with van der Waals surface area (Å²) in [6, 6.07) is -1.90. The molecule has 1 fully saturated rings. The standard InChI is InChI=1S/C14H22N2O4/c1-5-9-6-10(14(19)20)16-11(9)12(15-8(4)17)13(18)7(2)3/h5,7,9-12,16H,1,6H2,2-4H3,(H,15,17)(H,19,20)/t9-,10-,11?,12-/m1/s1. The van der Waals surface area contributed by atoms with E-state index in [9.17, 15) is 14.4 Å². The molecule has 1 heterocycles. The third kappa shape index (κ3) is 3.66. The van der Waals surface area contributed by atoms with E-state index in [0.29, 0.717) is 6.42 Å². The summed E-state index contributed by atoms with van der Waals surface area (Å²) in [6.07, 6.45) is 2.01. The van der Waals surface area contributed by atoms with Crippen molar-refractivity contribution in [3.05, 3.63) is 12.7 Å². The van der Waals surface area contributed by atoms with Crippen LogP contribution < -0.4 is 10.6 Å². The first kappa shape index (κ1) is 16.4. The van der Waals surface area contributed by atoms with Gasteiger partial charge in [-0.3, -0.25) is 19.7 Å². The summed E-state index contributed by atoms with van der Waals surface area (Å²) in [5.74, 6) is -1.81. The van der Waals surface area contributed by atoms with Gasteiger partial charge in [-0.25, -0.2) is 0 Å². The minimum atomic E-state index is -0.960. The third-order valence-electron chi connectivity index (χ3n) is 3.56. The van der Waals surface area contributed by atoms with Crippen LogP contribution >= 0.6 is 0 Å². The fourth-order valence-electron chi connectivity index (χ4n) is 2.52. The van der Waals surface area contributed by atoms with Crippen LogP contribution in [0.25, 0.3) is 0 Å². The van der Waals surface area contributed by atoms with Gasteiger partial charge in [-0.2, -0.15) is 0 Å². The molecule has 1 aliphatic rings. The second-order valence-corrected chi connectivity index (χ2v) is 5.45. The van der Waals surface area contributed by atoms with E-state index in [-0.39, 0.29) is 23.5 Å². The van der Waals surface area contributed by atoms with Gasteiger partial charge in [-0.15, -0.1) is 6.58 Å². The van der Waals surface area contributed by atoms with Gasteiger partial charge in [0.15, 0.2) is 5.78 Å². The lowest BCUT2D eigenvalue weighted by Gasteiger charge is -2.28. The van der Waals surface area contributed by atoms with Crippen molar-refractivity contribution in [3.63, 3.8) is 0 Å². The molecule has 112 valence electrons. The van der Waals surface area contributed by atoms with Gasteiger partial charge in [0, 0.05) is 18.9 Å². The summed E-state index contributed by atoms with van der Waals surface area (Å²) in [4.78, 5) is 34.7. The predicted molar refractivity (Wildman–Crippen MR) is 74.1 cm³/mol. The summed E-state index contributed by atoms with van der Waals surface area (Å²) in [7, 11) is 0. The molecule has 0 aromatic rings. The molecule has 20 heavy (non-hydrogen) atoms. The number of carboxylic acids is 1. The molecular formula is C14H22N2O4. The van der Waals surface area contributed by atoms with Crippen molar-refractivity contribution >= 4 is 17.7 Å². The molecule has 0 aromatic carbocycles. The fourth-order valence-corrected chi connectivity index (χ4v) is 2.52. The lowest BCUT2D eigenvalue weighted by Crippen LogP contribution is -2.56. The highest BCUT2D eigenvalue weighted by Crippen LogP contribution is 2.25. The number of nitrogens with one attached hydrogen (secondary N) is 2. The van der Waals surface area contributed by atoms with E-state index in [1.54, 1.807) is 19.9 Å². The van der Waals surface area contributed by atoms with Crippen LogP contribution in [0.3, 0.4) is 0 Å². The topological polar surface area (TPSA) is 95.5 Å². The zero-order valence-corrected chi connectivity index (χ0v) is 12.1. The summed E-state index contributed by atoms with van der Waals surface area (Å²) in [5, 5.41) is 14.6. The van der Waals surface area contributed by atoms with Crippen LogP contribution in [-0.4, -0.2) is 40.9 Å². The van der Waals surface area contributed by atoms with Gasteiger partial charge in [0.2, 0.25) is 5.91 Å². The number of Topliss-reactive ketones (excluding diaryl/α,β-unsaturated/α-hetero) is 1. The zero-order chi connectivity index (χ0) is 15.4. The number of carboxylic acid groups (broad SMARTS) is 1. The van der Waals surface area contributed by atoms with E-state index >= 15 is 0 Å². The normalized spacial score (nSPS) is 27.1. The molecule has 1 saturated heterocycles. The molecule has 3 N–H and O–H groups in total. The molecule has 0 spiro atoms. The van der Waals surface area contributed by atoms with E-state index in [4.69, 9.17) is 5.11 Å². The molecule has 1 rings (SSSR count). The molecule has 6 nitrogen and oxygen atoms in total. The highest BCUT2D eigenvalue weighted by atomic mass is 16.4. The molecule has 1 aliphatic heterocycles. The second-order valence-electron chi connectivity index (χ2n) is 5.45. The van der Waals surface area contributed by atoms with Crippen molar-refractivity contribution in [2.24, 2.45) is 11.8 Å². The highest BCUT2D eigenvalue weighted by molar-refractivity contribution is 5.90. The Hall–Kier alpha value is -1.69. The first-order valence-corrected chi connectivity index (χ1v) is 6.70. The lowest BCUT2D eigenvalue weighted by atomic mass is 9.88. The number of carbonyl (C=O) groups excluding carboxylic acids is 2. The van der Waals surface area contributed by atoms with Crippen LogP contribution in [-0.2, 0) is 14.4 Å².